The van der Waals surface area contributed by atoms with Gasteiger partial charge < -0.3 is 14.4 Å². The quantitative estimate of drug-likeness (QED) is 0.781. The van der Waals surface area contributed by atoms with E-state index in [0.717, 1.165) is 30.8 Å². The lowest BCUT2D eigenvalue weighted by Crippen LogP contribution is -2.42. The number of amides is 1. The summed E-state index contributed by atoms with van der Waals surface area (Å²) < 4.78 is 11.8. The summed E-state index contributed by atoms with van der Waals surface area (Å²) in [5.74, 6) is 3.00. The molecule has 27 heavy (non-hydrogen) atoms. The number of hydrogen-bond acceptors (Lipinski definition) is 7. The number of rotatable bonds is 5. The first-order valence-corrected chi connectivity index (χ1v) is 10.4. The van der Waals surface area contributed by atoms with Crippen LogP contribution in [0, 0.1) is 0 Å². The van der Waals surface area contributed by atoms with E-state index in [1.165, 1.54) is 0 Å². The van der Waals surface area contributed by atoms with Gasteiger partial charge in [0.1, 0.15) is 17.8 Å². The first-order valence-electron chi connectivity index (χ1n) is 9.22. The Balaban J connectivity index is 1.36. The van der Waals surface area contributed by atoms with E-state index in [1.54, 1.807) is 36.7 Å². The Morgan fingerprint density at radius 3 is 2.67 bits per heavy atom. The van der Waals surface area contributed by atoms with E-state index in [0.29, 0.717) is 30.4 Å². The molecule has 7 nitrogen and oxygen atoms in total. The monoisotopic (exact) mass is 386 g/mol. The highest BCUT2D eigenvalue weighted by Crippen LogP contribution is 2.26. The third kappa shape index (κ3) is 4.50. The standard InChI is InChI=1S/C19H22N4O3S/c24-19(16-3-1-8-20-18(16)26-15-7-12-27-13-15)23-10-5-14(6-11-23)25-17-4-2-9-21-22-17/h1-4,8-9,14-15H,5-7,10-13H2. The summed E-state index contributed by atoms with van der Waals surface area (Å²) in [7, 11) is 0. The first-order chi connectivity index (χ1) is 13.3. The summed E-state index contributed by atoms with van der Waals surface area (Å²) in [4.78, 5) is 19.2. The van der Waals surface area contributed by atoms with Gasteiger partial charge in [-0.15, -0.1) is 5.10 Å². The summed E-state index contributed by atoms with van der Waals surface area (Å²) in [6.07, 6.45) is 6.01. The molecular formula is C19H22N4O3S. The Kier molecular flexibility index (Phi) is 5.72. The average Bonchev–Trinajstić information content (AvgIpc) is 3.22. The van der Waals surface area contributed by atoms with Crippen LogP contribution in [0.5, 0.6) is 11.8 Å². The molecule has 2 aromatic rings. The molecule has 2 aromatic heterocycles. The summed E-state index contributed by atoms with van der Waals surface area (Å²) in [6, 6.07) is 7.18. The van der Waals surface area contributed by atoms with Crippen molar-refractivity contribution < 1.29 is 14.3 Å². The van der Waals surface area contributed by atoms with Crippen LogP contribution in [0.3, 0.4) is 0 Å². The maximum absolute atomic E-state index is 13.0. The SMILES string of the molecule is O=C(c1cccnc1OC1CCSC1)N1CCC(Oc2cccnn2)CC1. The molecule has 4 heterocycles. The molecule has 2 aliphatic heterocycles. The highest BCUT2D eigenvalue weighted by atomic mass is 32.2. The Hall–Kier alpha value is -2.35. The number of hydrogen-bond donors (Lipinski definition) is 0. The van der Waals surface area contributed by atoms with Crippen LogP contribution in [0.4, 0.5) is 0 Å². The number of carbonyl (C=O) groups is 1. The van der Waals surface area contributed by atoms with Gasteiger partial charge in [0.25, 0.3) is 5.91 Å². The Morgan fingerprint density at radius 2 is 1.93 bits per heavy atom. The molecule has 0 aliphatic carbocycles. The molecule has 0 spiro atoms. The third-order valence-electron chi connectivity index (χ3n) is 4.73. The van der Waals surface area contributed by atoms with Gasteiger partial charge in [0, 0.05) is 50.1 Å². The lowest BCUT2D eigenvalue weighted by atomic mass is 10.1. The normalized spacial score (nSPS) is 20.4. The highest BCUT2D eigenvalue weighted by Gasteiger charge is 2.28. The number of nitrogens with zero attached hydrogens (tertiary/aromatic N) is 4. The molecular weight excluding hydrogens is 364 g/mol. The van der Waals surface area contributed by atoms with Crippen molar-refractivity contribution in [3.63, 3.8) is 0 Å². The smallest absolute Gasteiger partial charge is 0.259 e. The van der Waals surface area contributed by atoms with Gasteiger partial charge in [-0.1, -0.05) is 0 Å². The van der Waals surface area contributed by atoms with Gasteiger partial charge in [0.15, 0.2) is 0 Å². The highest BCUT2D eigenvalue weighted by molar-refractivity contribution is 7.99. The molecule has 0 N–H and O–H groups in total. The summed E-state index contributed by atoms with van der Waals surface area (Å²) in [6.45, 7) is 1.27. The zero-order valence-corrected chi connectivity index (χ0v) is 15.8. The molecule has 2 saturated heterocycles. The van der Waals surface area contributed by atoms with E-state index in [1.807, 2.05) is 16.7 Å². The van der Waals surface area contributed by atoms with Crippen molar-refractivity contribution in [2.45, 2.75) is 31.5 Å². The predicted octanol–water partition coefficient (Wildman–Crippen LogP) is 2.44. The fourth-order valence-electron chi connectivity index (χ4n) is 3.28. The zero-order chi connectivity index (χ0) is 18.5. The van der Waals surface area contributed by atoms with E-state index >= 15 is 0 Å². The van der Waals surface area contributed by atoms with Crippen LogP contribution in [-0.2, 0) is 0 Å². The number of aromatic nitrogens is 3. The second-order valence-electron chi connectivity index (χ2n) is 6.63. The fraction of sp³-hybridized carbons (Fsp3) is 0.474. The molecule has 8 heteroatoms. The van der Waals surface area contributed by atoms with Crippen molar-refractivity contribution in [2.24, 2.45) is 0 Å². The number of thioether (sulfide) groups is 1. The van der Waals surface area contributed by atoms with Gasteiger partial charge in [-0.05, 0) is 30.4 Å². The summed E-state index contributed by atoms with van der Waals surface area (Å²) in [5.41, 5.74) is 0.544. The first kappa shape index (κ1) is 18.0. The lowest BCUT2D eigenvalue weighted by Gasteiger charge is -2.32. The fourth-order valence-corrected chi connectivity index (χ4v) is 4.37. The van der Waals surface area contributed by atoms with Crippen molar-refractivity contribution in [3.8, 4) is 11.8 Å². The molecule has 2 fully saturated rings. The minimum absolute atomic E-state index is 0.0262. The molecule has 1 atom stereocenters. The van der Waals surface area contributed by atoms with E-state index in [2.05, 4.69) is 15.2 Å². The van der Waals surface area contributed by atoms with E-state index < -0.39 is 0 Å². The number of piperidine rings is 1. The molecule has 0 radical (unpaired) electrons. The van der Waals surface area contributed by atoms with Crippen molar-refractivity contribution in [1.82, 2.24) is 20.1 Å². The predicted molar refractivity (Wildman–Crippen MR) is 102 cm³/mol. The zero-order valence-electron chi connectivity index (χ0n) is 15.0. The molecule has 0 bridgehead atoms. The number of pyridine rings is 1. The van der Waals surface area contributed by atoms with Gasteiger partial charge in [-0.25, -0.2) is 4.98 Å². The van der Waals surface area contributed by atoms with Crippen LogP contribution in [0.15, 0.2) is 36.7 Å². The minimum Gasteiger partial charge on any atom is -0.473 e. The molecule has 1 unspecified atom stereocenters. The van der Waals surface area contributed by atoms with E-state index in [4.69, 9.17) is 9.47 Å². The third-order valence-corrected chi connectivity index (χ3v) is 5.86. The van der Waals surface area contributed by atoms with Gasteiger partial charge in [-0.3, -0.25) is 4.79 Å². The van der Waals surface area contributed by atoms with Gasteiger partial charge in [-0.2, -0.15) is 16.9 Å². The molecule has 0 saturated carbocycles. The van der Waals surface area contributed by atoms with Gasteiger partial charge >= 0.3 is 0 Å². The van der Waals surface area contributed by atoms with Crippen molar-refractivity contribution >= 4 is 17.7 Å². The maximum atomic E-state index is 13.0. The molecule has 0 aromatic carbocycles. The summed E-state index contributed by atoms with van der Waals surface area (Å²) in [5, 5.41) is 7.78. The number of carbonyl (C=O) groups excluding carboxylic acids is 1. The van der Waals surface area contributed by atoms with Crippen LogP contribution in [0.25, 0.3) is 0 Å². The minimum atomic E-state index is -0.0262. The Bertz CT molecular complexity index is 763. The van der Waals surface area contributed by atoms with E-state index in [-0.39, 0.29) is 18.1 Å². The van der Waals surface area contributed by atoms with Gasteiger partial charge in [0.05, 0.1) is 0 Å². The molecule has 1 amide bonds. The second-order valence-corrected chi connectivity index (χ2v) is 7.78. The van der Waals surface area contributed by atoms with Crippen LogP contribution in [-0.4, -0.2) is 62.8 Å². The van der Waals surface area contributed by atoms with Crippen molar-refractivity contribution in [2.75, 3.05) is 24.6 Å². The largest absolute Gasteiger partial charge is 0.473 e. The van der Waals surface area contributed by atoms with Crippen molar-refractivity contribution in [3.05, 3.63) is 42.2 Å². The van der Waals surface area contributed by atoms with Gasteiger partial charge in [0.2, 0.25) is 11.8 Å². The van der Waals surface area contributed by atoms with Crippen LogP contribution in [0.1, 0.15) is 29.6 Å². The number of likely N-dealkylation sites (tertiary alicyclic amines) is 1. The summed E-state index contributed by atoms with van der Waals surface area (Å²) >= 11 is 1.87. The van der Waals surface area contributed by atoms with Crippen LogP contribution in [0.2, 0.25) is 0 Å². The topological polar surface area (TPSA) is 77.4 Å². The van der Waals surface area contributed by atoms with Crippen LogP contribution >= 0.6 is 11.8 Å². The Morgan fingerprint density at radius 1 is 1.07 bits per heavy atom. The second kappa shape index (κ2) is 8.56. The lowest BCUT2D eigenvalue weighted by molar-refractivity contribution is 0.0579. The van der Waals surface area contributed by atoms with Crippen molar-refractivity contribution in [1.29, 1.82) is 0 Å². The van der Waals surface area contributed by atoms with Crippen LogP contribution < -0.4 is 9.47 Å². The maximum Gasteiger partial charge on any atom is 0.259 e. The Labute approximate surface area is 162 Å². The average molecular weight is 386 g/mol. The molecule has 142 valence electrons. The molecule has 2 aliphatic rings. The molecule has 4 rings (SSSR count). The number of ether oxygens (including phenoxy) is 2. The van der Waals surface area contributed by atoms with E-state index in [9.17, 15) is 4.79 Å².